The van der Waals surface area contributed by atoms with Crippen LogP contribution in [0.2, 0.25) is 5.02 Å². The van der Waals surface area contributed by atoms with Gasteiger partial charge in [-0.2, -0.15) is 5.10 Å². The molecular weight excluding hydrogens is 330 g/mol. The van der Waals surface area contributed by atoms with Crippen molar-refractivity contribution in [3.05, 3.63) is 70.9 Å². The molecule has 1 saturated heterocycles. The molecule has 1 aromatic heterocycles. The van der Waals surface area contributed by atoms with E-state index in [1.54, 1.807) is 0 Å². The lowest BCUT2D eigenvalue weighted by molar-refractivity contribution is 0.451. The zero-order valence-electron chi connectivity index (χ0n) is 14.4. The van der Waals surface area contributed by atoms with Crippen LogP contribution in [0.25, 0.3) is 16.9 Å². The lowest BCUT2D eigenvalue weighted by atomic mass is 9.94. The Balaban J connectivity index is 1.84. The molecule has 0 spiro atoms. The van der Waals surface area contributed by atoms with Crippen molar-refractivity contribution in [2.75, 3.05) is 13.1 Å². The van der Waals surface area contributed by atoms with Gasteiger partial charge in [-0.15, -0.1) is 0 Å². The molecule has 0 unspecified atom stereocenters. The number of halogens is 1. The fourth-order valence-corrected chi connectivity index (χ4v) is 3.82. The van der Waals surface area contributed by atoms with E-state index in [9.17, 15) is 0 Å². The molecule has 1 aliphatic rings. The number of aromatic nitrogens is 2. The topological polar surface area (TPSA) is 29.9 Å². The molecule has 0 radical (unpaired) electrons. The normalized spacial score (nSPS) is 15.4. The van der Waals surface area contributed by atoms with Gasteiger partial charge in [0.15, 0.2) is 0 Å². The summed E-state index contributed by atoms with van der Waals surface area (Å²) in [5.74, 6) is 0.526. The number of piperidine rings is 1. The monoisotopic (exact) mass is 351 g/mol. The van der Waals surface area contributed by atoms with E-state index < -0.39 is 0 Å². The Labute approximate surface area is 153 Å². The maximum absolute atomic E-state index is 6.16. The molecule has 0 bridgehead atoms. The molecule has 3 aromatic rings. The van der Waals surface area contributed by atoms with E-state index in [0.717, 1.165) is 42.3 Å². The minimum atomic E-state index is 0.526. The summed E-state index contributed by atoms with van der Waals surface area (Å²) in [5.41, 5.74) is 5.76. The van der Waals surface area contributed by atoms with Crippen LogP contribution >= 0.6 is 11.6 Å². The number of hydrogen-bond acceptors (Lipinski definition) is 2. The summed E-state index contributed by atoms with van der Waals surface area (Å²) >= 11 is 6.16. The predicted molar refractivity (Wildman–Crippen MR) is 104 cm³/mol. The number of benzene rings is 2. The van der Waals surface area contributed by atoms with Crippen LogP contribution in [0.3, 0.4) is 0 Å². The van der Waals surface area contributed by atoms with E-state index in [4.69, 9.17) is 16.7 Å². The number of nitrogens with one attached hydrogen (secondary N) is 1. The largest absolute Gasteiger partial charge is 0.317 e. The Morgan fingerprint density at radius 1 is 1.04 bits per heavy atom. The average molecular weight is 352 g/mol. The van der Waals surface area contributed by atoms with E-state index in [2.05, 4.69) is 53.3 Å². The van der Waals surface area contributed by atoms with Crippen molar-refractivity contribution in [2.45, 2.75) is 25.7 Å². The second kappa shape index (κ2) is 7.03. The second-order valence-electron chi connectivity index (χ2n) is 6.69. The Morgan fingerprint density at radius 3 is 2.52 bits per heavy atom. The molecule has 3 nitrogen and oxygen atoms in total. The minimum Gasteiger partial charge on any atom is -0.317 e. The van der Waals surface area contributed by atoms with Gasteiger partial charge in [0.25, 0.3) is 0 Å². The first-order chi connectivity index (χ1) is 12.2. The maximum Gasteiger partial charge on any atom is 0.0746 e. The van der Waals surface area contributed by atoms with Crippen molar-refractivity contribution in [1.82, 2.24) is 15.1 Å². The van der Waals surface area contributed by atoms with Gasteiger partial charge in [0.2, 0.25) is 0 Å². The molecule has 4 heteroatoms. The third kappa shape index (κ3) is 3.35. The van der Waals surface area contributed by atoms with Crippen LogP contribution in [0.15, 0.2) is 54.6 Å². The molecule has 0 amide bonds. The van der Waals surface area contributed by atoms with Gasteiger partial charge in [-0.1, -0.05) is 35.9 Å². The standard InChI is InChI=1S/C21H22ClN3/c1-15-13-17(22)7-8-19(15)21-14-20(16-9-11-23-12-10-16)24-25(21)18-5-3-2-4-6-18/h2-8,13-14,16,23H,9-12H2,1H3. The number of nitrogens with zero attached hydrogens (tertiary/aromatic N) is 2. The molecular formula is C21H22ClN3. The molecule has 2 heterocycles. The predicted octanol–water partition coefficient (Wildman–Crippen LogP) is 4.97. The lowest BCUT2D eigenvalue weighted by Crippen LogP contribution is -2.26. The van der Waals surface area contributed by atoms with Crippen molar-refractivity contribution >= 4 is 11.6 Å². The van der Waals surface area contributed by atoms with Gasteiger partial charge in [-0.25, -0.2) is 4.68 Å². The highest BCUT2D eigenvalue weighted by molar-refractivity contribution is 6.30. The highest BCUT2D eigenvalue weighted by Crippen LogP contribution is 2.33. The zero-order chi connectivity index (χ0) is 17.2. The SMILES string of the molecule is Cc1cc(Cl)ccc1-c1cc(C2CCNCC2)nn1-c1ccccc1. The molecule has 1 N–H and O–H groups in total. The fourth-order valence-electron chi connectivity index (χ4n) is 3.59. The van der Waals surface area contributed by atoms with Crippen molar-refractivity contribution in [2.24, 2.45) is 0 Å². The molecule has 2 aromatic carbocycles. The lowest BCUT2D eigenvalue weighted by Gasteiger charge is -2.20. The minimum absolute atomic E-state index is 0.526. The van der Waals surface area contributed by atoms with Gasteiger partial charge < -0.3 is 5.32 Å². The van der Waals surface area contributed by atoms with Crippen LogP contribution in [0.5, 0.6) is 0 Å². The summed E-state index contributed by atoms with van der Waals surface area (Å²) in [7, 11) is 0. The second-order valence-corrected chi connectivity index (χ2v) is 7.12. The van der Waals surface area contributed by atoms with Crippen molar-refractivity contribution in [3.8, 4) is 16.9 Å². The molecule has 0 aliphatic carbocycles. The molecule has 4 rings (SSSR count). The Kier molecular flexibility index (Phi) is 4.60. The van der Waals surface area contributed by atoms with E-state index in [0.29, 0.717) is 5.92 Å². The van der Waals surface area contributed by atoms with E-state index in [-0.39, 0.29) is 0 Å². The molecule has 1 aliphatic heterocycles. The Hall–Kier alpha value is -2.10. The van der Waals surface area contributed by atoms with Crippen LogP contribution in [0, 0.1) is 6.92 Å². The first-order valence-electron chi connectivity index (χ1n) is 8.85. The maximum atomic E-state index is 6.16. The summed E-state index contributed by atoms with van der Waals surface area (Å²) in [6.07, 6.45) is 2.29. The number of para-hydroxylation sites is 1. The summed E-state index contributed by atoms with van der Waals surface area (Å²) < 4.78 is 2.08. The van der Waals surface area contributed by atoms with E-state index in [1.165, 1.54) is 16.8 Å². The van der Waals surface area contributed by atoms with Gasteiger partial charge in [-0.3, -0.25) is 0 Å². The molecule has 1 fully saturated rings. The first-order valence-corrected chi connectivity index (χ1v) is 9.23. The third-order valence-corrected chi connectivity index (χ3v) is 5.19. The van der Waals surface area contributed by atoms with E-state index in [1.807, 2.05) is 18.2 Å². The highest BCUT2D eigenvalue weighted by atomic mass is 35.5. The smallest absolute Gasteiger partial charge is 0.0746 e. The van der Waals surface area contributed by atoms with Gasteiger partial charge in [0.05, 0.1) is 17.1 Å². The highest BCUT2D eigenvalue weighted by Gasteiger charge is 2.21. The van der Waals surface area contributed by atoms with Crippen molar-refractivity contribution < 1.29 is 0 Å². The van der Waals surface area contributed by atoms with Gasteiger partial charge in [0.1, 0.15) is 0 Å². The number of aryl methyl sites for hydroxylation is 1. The van der Waals surface area contributed by atoms with Crippen LogP contribution in [0.1, 0.15) is 30.0 Å². The van der Waals surface area contributed by atoms with Gasteiger partial charge in [-0.05, 0) is 68.8 Å². The quantitative estimate of drug-likeness (QED) is 0.722. The van der Waals surface area contributed by atoms with Gasteiger partial charge in [0, 0.05) is 16.5 Å². The Bertz CT molecular complexity index is 864. The summed E-state index contributed by atoms with van der Waals surface area (Å²) in [4.78, 5) is 0. The molecule has 25 heavy (non-hydrogen) atoms. The fraction of sp³-hybridized carbons (Fsp3) is 0.286. The summed E-state index contributed by atoms with van der Waals surface area (Å²) in [6.45, 7) is 4.24. The molecule has 0 atom stereocenters. The average Bonchev–Trinajstić information content (AvgIpc) is 3.08. The number of hydrogen-bond donors (Lipinski definition) is 1. The van der Waals surface area contributed by atoms with Gasteiger partial charge >= 0.3 is 0 Å². The van der Waals surface area contributed by atoms with Crippen LogP contribution in [-0.2, 0) is 0 Å². The zero-order valence-corrected chi connectivity index (χ0v) is 15.1. The van der Waals surface area contributed by atoms with Crippen molar-refractivity contribution in [1.29, 1.82) is 0 Å². The molecule has 128 valence electrons. The molecule has 0 saturated carbocycles. The Morgan fingerprint density at radius 2 is 1.80 bits per heavy atom. The van der Waals surface area contributed by atoms with Crippen LogP contribution in [-0.4, -0.2) is 22.9 Å². The summed E-state index contributed by atoms with van der Waals surface area (Å²) in [6, 6.07) is 18.7. The van der Waals surface area contributed by atoms with E-state index >= 15 is 0 Å². The third-order valence-electron chi connectivity index (χ3n) is 4.95. The van der Waals surface area contributed by atoms with Crippen LogP contribution in [0.4, 0.5) is 0 Å². The number of rotatable bonds is 3. The van der Waals surface area contributed by atoms with Crippen molar-refractivity contribution in [3.63, 3.8) is 0 Å². The summed E-state index contributed by atoms with van der Waals surface area (Å²) in [5, 5.41) is 9.20. The van der Waals surface area contributed by atoms with Crippen LogP contribution < -0.4 is 5.32 Å². The first kappa shape index (κ1) is 16.4.